The molecule has 1 aromatic heterocycles. The van der Waals surface area contributed by atoms with Gasteiger partial charge in [0, 0.05) is 24.8 Å². The molecule has 0 spiro atoms. The van der Waals surface area contributed by atoms with Gasteiger partial charge in [-0.2, -0.15) is 0 Å². The molecule has 0 radical (unpaired) electrons. The van der Waals surface area contributed by atoms with Crippen LogP contribution in [0, 0.1) is 12.8 Å². The fourth-order valence-electron chi connectivity index (χ4n) is 2.81. The summed E-state index contributed by atoms with van der Waals surface area (Å²) in [4.78, 5) is 0. The monoisotopic (exact) mass is 266 g/mol. The molecule has 1 saturated heterocycles. The molecule has 0 saturated carbocycles. The largest absolute Gasteiger partial charge is 0.469 e. The molecular weight excluding hydrogens is 240 g/mol. The number of nitrogens with two attached hydrogens (primary N) is 1. The summed E-state index contributed by atoms with van der Waals surface area (Å²) in [5, 5.41) is 0. The lowest BCUT2D eigenvalue weighted by atomic mass is 9.93. The Labute approximate surface area is 115 Å². The quantitative estimate of drug-likeness (QED) is 0.452. The van der Waals surface area contributed by atoms with E-state index in [1.54, 1.807) is 6.26 Å². The van der Waals surface area contributed by atoms with Gasteiger partial charge in [0.1, 0.15) is 5.76 Å². The predicted molar refractivity (Wildman–Crippen MR) is 75.5 cm³/mol. The second-order valence-corrected chi connectivity index (χ2v) is 5.55. The fraction of sp³-hybridized carbons (Fsp3) is 0.733. The Bertz CT molecular complexity index is 359. The summed E-state index contributed by atoms with van der Waals surface area (Å²) in [5.74, 6) is 7.44. The number of unbranched alkanes of at least 4 members (excludes halogenated alkanes) is 1. The Morgan fingerprint density at radius 1 is 1.37 bits per heavy atom. The maximum Gasteiger partial charge on any atom is 0.101 e. The summed E-state index contributed by atoms with van der Waals surface area (Å²) >= 11 is 0. The van der Waals surface area contributed by atoms with Crippen molar-refractivity contribution in [2.75, 3.05) is 13.2 Å². The van der Waals surface area contributed by atoms with Crippen molar-refractivity contribution >= 4 is 0 Å². The van der Waals surface area contributed by atoms with Crippen LogP contribution in [0.3, 0.4) is 0 Å². The van der Waals surface area contributed by atoms with E-state index in [1.807, 2.05) is 6.92 Å². The highest BCUT2D eigenvalue weighted by Gasteiger charge is 2.15. The smallest absolute Gasteiger partial charge is 0.101 e. The van der Waals surface area contributed by atoms with Gasteiger partial charge in [0.2, 0.25) is 0 Å². The number of hydrogen-bond donors (Lipinski definition) is 2. The SMILES string of the molecule is Cc1cc(C(CCCCC2CCOCC2)NN)co1. The van der Waals surface area contributed by atoms with E-state index in [0.717, 1.165) is 36.9 Å². The van der Waals surface area contributed by atoms with E-state index < -0.39 is 0 Å². The molecule has 1 aliphatic rings. The number of rotatable bonds is 7. The van der Waals surface area contributed by atoms with Crippen LogP contribution in [0.4, 0.5) is 0 Å². The molecule has 3 N–H and O–H groups in total. The van der Waals surface area contributed by atoms with Crippen LogP contribution in [0.25, 0.3) is 0 Å². The summed E-state index contributed by atoms with van der Waals surface area (Å²) in [7, 11) is 0. The van der Waals surface area contributed by atoms with E-state index in [9.17, 15) is 0 Å². The van der Waals surface area contributed by atoms with Crippen molar-refractivity contribution < 1.29 is 9.15 Å². The van der Waals surface area contributed by atoms with Gasteiger partial charge in [-0.1, -0.05) is 19.3 Å². The molecule has 0 aromatic carbocycles. The summed E-state index contributed by atoms with van der Waals surface area (Å²) in [6, 6.07) is 2.27. The molecule has 0 amide bonds. The lowest BCUT2D eigenvalue weighted by Crippen LogP contribution is -2.27. The van der Waals surface area contributed by atoms with Crippen LogP contribution in [0.15, 0.2) is 16.7 Å². The molecule has 1 fully saturated rings. The van der Waals surface area contributed by atoms with Crippen LogP contribution in [0.2, 0.25) is 0 Å². The molecule has 1 aliphatic heterocycles. The van der Waals surface area contributed by atoms with Crippen LogP contribution in [-0.4, -0.2) is 13.2 Å². The molecule has 0 bridgehead atoms. The van der Waals surface area contributed by atoms with Gasteiger partial charge >= 0.3 is 0 Å². The first kappa shape index (κ1) is 14.6. The summed E-state index contributed by atoms with van der Waals surface area (Å²) < 4.78 is 10.7. The zero-order valence-corrected chi connectivity index (χ0v) is 11.9. The third kappa shape index (κ3) is 4.64. The molecule has 1 aromatic rings. The normalized spacial score (nSPS) is 18.6. The minimum Gasteiger partial charge on any atom is -0.469 e. The van der Waals surface area contributed by atoms with Gasteiger partial charge in [-0.05, 0) is 38.2 Å². The maximum atomic E-state index is 5.63. The summed E-state index contributed by atoms with van der Waals surface area (Å²) in [6.45, 7) is 3.86. The number of hydrogen-bond acceptors (Lipinski definition) is 4. The van der Waals surface area contributed by atoms with Crippen molar-refractivity contribution in [2.24, 2.45) is 11.8 Å². The van der Waals surface area contributed by atoms with Crippen LogP contribution < -0.4 is 11.3 Å². The zero-order valence-electron chi connectivity index (χ0n) is 11.9. The van der Waals surface area contributed by atoms with Gasteiger partial charge in [0.05, 0.1) is 6.26 Å². The number of nitrogens with one attached hydrogen (secondary N) is 1. The Balaban J connectivity index is 1.65. The average Bonchev–Trinajstić information content (AvgIpc) is 2.86. The van der Waals surface area contributed by atoms with Gasteiger partial charge < -0.3 is 9.15 Å². The standard InChI is InChI=1S/C15H26N2O2/c1-12-10-14(11-19-12)15(17-16)5-3-2-4-13-6-8-18-9-7-13/h10-11,13,15,17H,2-9,16H2,1H3. The van der Waals surface area contributed by atoms with Gasteiger partial charge in [-0.15, -0.1) is 0 Å². The lowest BCUT2D eigenvalue weighted by Gasteiger charge is -2.22. The first-order valence-corrected chi connectivity index (χ1v) is 7.38. The highest BCUT2D eigenvalue weighted by molar-refractivity contribution is 5.15. The molecule has 19 heavy (non-hydrogen) atoms. The molecule has 2 rings (SSSR count). The molecule has 2 heterocycles. The topological polar surface area (TPSA) is 60.4 Å². The Morgan fingerprint density at radius 3 is 2.79 bits per heavy atom. The first-order valence-electron chi connectivity index (χ1n) is 7.38. The van der Waals surface area contributed by atoms with Crippen molar-refractivity contribution in [3.63, 3.8) is 0 Å². The van der Waals surface area contributed by atoms with Crippen molar-refractivity contribution in [3.05, 3.63) is 23.7 Å². The molecule has 1 atom stereocenters. The fourth-order valence-corrected chi connectivity index (χ4v) is 2.81. The van der Waals surface area contributed by atoms with Crippen LogP contribution in [0.5, 0.6) is 0 Å². The van der Waals surface area contributed by atoms with Crippen molar-refractivity contribution in [1.82, 2.24) is 5.43 Å². The highest BCUT2D eigenvalue weighted by Crippen LogP contribution is 2.24. The summed E-state index contributed by atoms with van der Waals surface area (Å²) in [6.07, 6.45) is 9.15. The zero-order chi connectivity index (χ0) is 13.5. The van der Waals surface area contributed by atoms with Crippen molar-refractivity contribution in [2.45, 2.75) is 51.5 Å². The van der Waals surface area contributed by atoms with Gasteiger partial charge in [0.15, 0.2) is 0 Å². The van der Waals surface area contributed by atoms with Crippen molar-refractivity contribution in [1.29, 1.82) is 0 Å². The number of ether oxygens (including phenoxy) is 1. The Morgan fingerprint density at radius 2 is 2.16 bits per heavy atom. The third-order valence-corrected chi connectivity index (χ3v) is 4.05. The van der Waals surface area contributed by atoms with Gasteiger partial charge in [-0.25, -0.2) is 0 Å². The van der Waals surface area contributed by atoms with Gasteiger partial charge in [-0.3, -0.25) is 11.3 Å². The van der Waals surface area contributed by atoms with E-state index in [0.29, 0.717) is 0 Å². The molecule has 0 aliphatic carbocycles. The Hall–Kier alpha value is -0.840. The van der Waals surface area contributed by atoms with Crippen LogP contribution in [0.1, 0.15) is 55.9 Å². The minimum absolute atomic E-state index is 0.215. The summed E-state index contributed by atoms with van der Waals surface area (Å²) in [5.41, 5.74) is 4.05. The van der Waals surface area contributed by atoms with E-state index in [2.05, 4.69) is 11.5 Å². The predicted octanol–water partition coefficient (Wildman–Crippen LogP) is 3.08. The maximum absolute atomic E-state index is 5.63. The van der Waals surface area contributed by atoms with E-state index >= 15 is 0 Å². The minimum atomic E-state index is 0.215. The van der Waals surface area contributed by atoms with E-state index in [4.69, 9.17) is 15.0 Å². The number of hydrazine groups is 1. The van der Waals surface area contributed by atoms with E-state index in [1.165, 1.54) is 32.1 Å². The number of aryl methyl sites for hydroxylation is 1. The van der Waals surface area contributed by atoms with Crippen LogP contribution in [-0.2, 0) is 4.74 Å². The van der Waals surface area contributed by atoms with Crippen molar-refractivity contribution in [3.8, 4) is 0 Å². The average molecular weight is 266 g/mol. The highest BCUT2D eigenvalue weighted by atomic mass is 16.5. The third-order valence-electron chi connectivity index (χ3n) is 4.05. The van der Waals surface area contributed by atoms with Crippen LogP contribution >= 0.6 is 0 Å². The first-order chi connectivity index (χ1) is 9.29. The van der Waals surface area contributed by atoms with E-state index in [-0.39, 0.29) is 6.04 Å². The molecule has 4 nitrogen and oxygen atoms in total. The molecule has 1 unspecified atom stereocenters. The second-order valence-electron chi connectivity index (χ2n) is 5.55. The number of furan rings is 1. The molecule has 4 heteroatoms. The Kier molecular flexibility index (Phi) is 5.89. The second kappa shape index (κ2) is 7.68. The molecular formula is C15H26N2O2. The van der Waals surface area contributed by atoms with Gasteiger partial charge in [0.25, 0.3) is 0 Å². The molecule has 108 valence electrons. The lowest BCUT2D eigenvalue weighted by molar-refractivity contribution is 0.0630.